The van der Waals surface area contributed by atoms with Gasteiger partial charge in [-0.25, -0.2) is 4.79 Å². The standard InChI is InChI=1S/C14H16N4O4/c1-17-4-2-3-11(17)9-7-10(16-15-9)13(19)18-5-6-22-12(8-18)14(20)21/h2-4,7,12H,5-6,8H2,1H3,(H,15,16)(H,20,21)/t12-/m1/s1. The van der Waals surface area contributed by atoms with E-state index in [1.807, 2.05) is 29.9 Å². The third-order valence-electron chi connectivity index (χ3n) is 3.64. The largest absolute Gasteiger partial charge is 0.479 e. The third-order valence-corrected chi connectivity index (χ3v) is 3.64. The summed E-state index contributed by atoms with van der Waals surface area (Å²) in [5.74, 6) is -1.34. The molecule has 1 fully saturated rings. The van der Waals surface area contributed by atoms with Gasteiger partial charge in [-0.15, -0.1) is 0 Å². The molecule has 1 aliphatic rings. The number of carbonyl (C=O) groups is 2. The first-order valence-corrected chi connectivity index (χ1v) is 6.87. The number of rotatable bonds is 3. The summed E-state index contributed by atoms with van der Waals surface area (Å²) in [7, 11) is 1.89. The second-order valence-electron chi connectivity index (χ2n) is 5.12. The first-order valence-electron chi connectivity index (χ1n) is 6.87. The highest BCUT2D eigenvalue weighted by atomic mass is 16.5. The number of aliphatic carboxylic acids is 1. The number of H-pyrrole nitrogens is 1. The van der Waals surface area contributed by atoms with E-state index in [-0.39, 0.29) is 19.1 Å². The van der Waals surface area contributed by atoms with E-state index in [1.165, 1.54) is 4.90 Å². The molecule has 8 heteroatoms. The minimum atomic E-state index is -1.06. The number of aryl methyl sites for hydroxylation is 1. The summed E-state index contributed by atoms with van der Waals surface area (Å²) >= 11 is 0. The Morgan fingerprint density at radius 2 is 2.32 bits per heavy atom. The number of ether oxygens (including phenoxy) is 1. The van der Waals surface area contributed by atoms with Crippen LogP contribution in [0.2, 0.25) is 0 Å². The number of hydrogen-bond acceptors (Lipinski definition) is 4. The topological polar surface area (TPSA) is 100 Å². The van der Waals surface area contributed by atoms with E-state index in [1.54, 1.807) is 6.07 Å². The lowest BCUT2D eigenvalue weighted by molar-refractivity contribution is -0.154. The fraction of sp³-hybridized carbons (Fsp3) is 0.357. The monoisotopic (exact) mass is 304 g/mol. The molecule has 2 N–H and O–H groups in total. The Kier molecular flexibility index (Phi) is 3.68. The molecule has 22 heavy (non-hydrogen) atoms. The Morgan fingerprint density at radius 1 is 1.50 bits per heavy atom. The van der Waals surface area contributed by atoms with Crippen LogP contribution in [-0.2, 0) is 16.6 Å². The van der Waals surface area contributed by atoms with Crippen molar-refractivity contribution < 1.29 is 19.4 Å². The smallest absolute Gasteiger partial charge is 0.334 e. The molecule has 3 rings (SSSR count). The van der Waals surface area contributed by atoms with Crippen LogP contribution in [0, 0.1) is 0 Å². The lowest BCUT2D eigenvalue weighted by Crippen LogP contribution is -2.48. The van der Waals surface area contributed by atoms with E-state index in [2.05, 4.69) is 10.2 Å². The van der Waals surface area contributed by atoms with E-state index in [4.69, 9.17) is 9.84 Å². The summed E-state index contributed by atoms with van der Waals surface area (Å²) in [6.45, 7) is 0.606. The molecule has 1 saturated heterocycles. The van der Waals surface area contributed by atoms with Crippen LogP contribution < -0.4 is 0 Å². The number of morpholine rings is 1. The average molecular weight is 304 g/mol. The van der Waals surface area contributed by atoms with Crippen molar-refractivity contribution in [1.82, 2.24) is 19.7 Å². The summed E-state index contributed by atoms with van der Waals surface area (Å²) in [4.78, 5) is 24.9. The fourth-order valence-corrected chi connectivity index (χ4v) is 2.44. The van der Waals surface area contributed by atoms with Crippen molar-refractivity contribution in [2.45, 2.75) is 6.10 Å². The lowest BCUT2D eigenvalue weighted by Gasteiger charge is -2.30. The quantitative estimate of drug-likeness (QED) is 0.851. The predicted molar refractivity (Wildman–Crippen MR) is 76.3 cm³/mol. The summed E-state index contributed by atoms with van der Waals surface area (Å²) in [5, 5.41) is 15.9. The number of hydrogen-bond donors (Lipinski definition) is 2. The molecule has 116 valence electrons. The van der Waals surface area contributed by atoms with Gasteiger partial charge < -0.3 is 19.3 Å². The SMILES string of the molecule is Cn1cccc1-c1cc(C(=O)N2CCO[C@@H](C(=O)O)C2)[nH]n1. The van der Waals surface area contributed by atoms with E-state index >= 15 is 0 Å². The maximum absolute atomic E-state index is 12.4. The maximum atomic E-state index is 12.4. The Bertz CT molecular complexity index is 705. The van der Waals surface area contributed by atoms with Crippen LogP contribution in [0.15, 0.2) is 24.4 Å². The molecule has 1 aliphatic heterocycles. The van der Waals surface area contributed by atoms with E-state index < -0.39 is 12.1 Å². The van der Waals surface area contributed by atoms with Crippen LogP contribution in [-0.4, -0.2) is 62.4 Å². The average Bonchev–Trinajstić information content (AvgIpc) is 3.15. The zero-order chi connectivity index (χ0) is 15.7. The van der Waals surface area contributed by atoms with Gasteiger partial charge in [0.15, 0.2) is 6.10 Å². The molecule has 2 aromatic rings. The van der Waals surface area contributed by atoms with Gasteiger partial charge in [0.2, 0.25) is 0 Å². The van der Waals surface area contributed by atoms with Crippen molar-refractivity contribution in [2.24, 2.45) is 7.05 Å². The second kappa shape index (κ2) is 5.64. The van der Waals surface area contributed by atoms with Gasteiger partial charge in [0.1, 0.15) is 11.4 Å². The lowest BCUT2D eigenvalue weighted by atomic mass is 10.2. The van der Waals surface area contributed by atoms with Gasteiger partial charge in [-0.05, 0) is 18.2 Å². The van der Waals surface area contributed by atoms with Crippen LogP contribution in [0.5, 0.6) is 0 Å². The van der Waals surface area contributed by atoms with Gasteiger partial charge in [0.05, 0.1) is 18.8 Å². The molecular weight excluding hydrogens is 288 g/mol. The first kappa shape index (κ1) is 14.3. The van der Waals surface area contributed by atoms with Crippen molar-refractivity contribution in [2.75, 3.05) is 19.7 Å². The van der Waals surface area contributed by atoms with Crippen LogP contribution >= 0.6 is 0 Å². The second-order valence-corrected chi connectivity index (χ2v) is 5.12. The van der Waals surface area contributed by atoms with Gasteiger partial charge in [-0.2, -0.15) is 5.10 Å². The number of nitrogens with zero attached hydrogens (tertiary/aromatic N) is 3. The molecule has 0 radical (unpaired) electrons. The Morgan fingerprint density at radius 3 is 3.00 bits per heavy atom. The third kappa shape index (κ3) is 2.60. The summed E-state index contributed by atoms with van der Waals surface area (Å²) in [6.07, 6.45) is 0.915. The molecule has 0 aliphatic carbocycles. The Balaban J connectivity index is 1.77. The number of carboxylic acid groups (broad SMARTS) is 1. The van der Waals surface area contributed by atoms with Crippen LogP contribution in [0.25, 0.3) is 11.4 Å². The number of carboxylic acids is 1. The molecule has 0 saturated carbocycles. The number of carbonyl (C=O) groups excluding carboxylic acids is 1. The molecular formula is C14H16N4O4. The minimum absolute atomic E-state index is 0.0344. The number of nitrogens with one attached hydrogen (secondary N) is 1. The number of aromatic nitrogens is 3. The highest BCUT2D eigenvalue weighted by Gasteiger charge is 2.30. The normalized spacial score (nSPS) is 18.4. The molecule has 0 aromatic carbocycles. The van der Waals surface area contributed by atoms with Gasteiger partial charge in [-0.3, -0.25) is 9.89 Å². The van der Waals surface area contributed by atoms with E-state index in [9.17, 15) is 9.59 Å². The van der Waals surface area contributed by atoms with Crippen molar-refractivity contribution in [3.8, 4) is 11.4 Å². The Labute approximate surface area is 126 Å². The number of amides is 1. The highest BCUT2D eigenvalue weighted by molar-refractivity contribution is 5.93. The molecule has 2 aromatic heterocycles. The zero-order valence-corrected chi connectivity index (χ0v) is 12.0. The molecule has 8 nitrogen and oxygen atoms in total. The fourth-order valence-electron chi connectivity index (χ4n) is 2.44. The minimum Gasteiger partial charge on any atom is -0.479 e. The van der Waals surface area contributed by atoms with Gasteiger partial charge >= 0.3 is 5.97 Å². The van der Waals surface area contributed by atoms with Crippen LogP contribution in [0.3, 0.4) is 0 Å². The van der Waals surface area contributed by atoms with Crippen molar-refractivity contribution >= 4 is 11.9 Å². The summed E-state index contributed by atoms with van der Waals surface area (Å²) in [5.41, 5.74) is 1.89. The van der Waals surface area contributed by atoms with Crippen LogP contribution in [0.4, 0.5) is 0 Å². The molecule has 3 heterocycles. The van der Waals surface area contributed by atoms with Crippen molar-refractivity contribution in [3.63, 3.8) is 0 Å². The molecule has 0 unspecified atom stereocenters. The Hall–Kier alpha value is -2.61. The summed E-state index contributed by atoms with van der Waals surface area (Å²) < 4.78 is 7.02. The van der Waals surface area contributed by atoms with Gasteiger partial charge in [-0.1, -0.05) is 0 Å². The zero-order valence-electron chi connectivity index (χ0n) is 12.0. The van der Waals surface area contributed by atoms with Crippen LogP contribution in [0.1, 0.15) is 10.5 Å². The summed E-state index contributed by atoms with van der Waals surface area (Å²) in [6, 6.07) is 5.47. The number of aromatic amines is 1. The molecule has 0 spiro atoms. The molecule has 1 amide bonds. The van der Waals surface area contributed by atoms with E-state index in [0.29, 0.717) is 17.9 Å². The highest BCUT2D eigenvalue weighted by Crippen LogP contribution is 2.19. The molecule has 0 bridgehead atoms. The van der Waals surface area contributed by atoms with Gasteiger partial charge in [0, 0.05) is 19.8 Å². The van der Waals surface area contributed by atoms with Gasteiger partial charge in [0.25, 0.3) is 5.91 Å². The van der Waals surface area contributed by atoms with Crippen molar-refractivity contribution in [1.29, 1.82) is 0 Å². The van der Waals surface area contributed by atoms with E-state index in [0.717, 1.165) is 5.69 Å². The van der Waals surface area contributed by atoms with Crippen molar-refractivity contribution in [3.05, 3.63) is 30.1 Å². The first-order chi connectivity index (χ1) is 10.6. The maximum Gasteiger partial charge on any atom is 0.334 e. The predicted octanol–water partition coefficient (Wildman–Crippen LogP) is 0.341. The molecule has 1 atom stereocenters.